The van der Waals surface area contributed by atoms with Gasteiger partial charge in [-0.05, 0) is 24.1 Å². The Hall–Kier alpha value is -2.73. The smallest absolute Gasteiger partial charge is 0.135 e. The summed E-state index contributed by atoms with van der Waals surface area (Å²) in [5.74, 6) is 1.82. The Labute approximate surface area is 153 Å². The van der Waals surface area contributed by atoms with Crippen LogP contribution in [0.2, 0.25) is 0 Å². The van der Waals surface area contributed by atoms with Gasteiger partial charge in [0.05, 0.1) is 25.5 Å². The fraction of sp³-hybridized carbons (Fsp3) is 0.350. The number of morpholine rings is 1. The second-order valence-corrected chi connectivity index (χ2v) is 6.67. The zero-order valence-electron chi connectivity index (χ0n) is 15.0. The molecule has 1 fully saturated rings. The molecule has 0 amide bonds. The predicted molar refractivity (Wildman–Crippen MR) is 100 cm³/mol. The summed E-state index contributed by atoms with van der Waals surface area (Å²) in [6, 6.07) is 12.3. The predicted octanol–water partition coefficient (Wildman–Crippen LogP) is 2.48. The standard InChI is InChI=1S/C20H23N5O/c1-16-12-22-25(13-16)15-18-14-24(9-10-26-18)20-7-8-21-19(23-20)11-17-5-3-2-4-6-17/h2-8,12-13,18H,9-11,14-15H2,1H3. The summed E-state index contributed by atoms with van der Waals surface area (Å²) in [6.45, 7) is 5.15. The summed E-state index contributed by atoms with van der Waals surface area (Å²) < 4.78 is 7.87. The Kier molecular flexibility index (Phi) is 4.93. The maximum absolute atomic E-state index is 5.92. The highest BCUT2D eigenvalue weighted by Crippen LogP contribution is 2.17. The number of benzene rings is 1. The molecule has 4 rings (SSSR count). The van der Waals surface area contributed by atoms with E-state index >= 15 is 0 Å². The number of rotatable bonds is 5. The topological polar surface area (TPSA) is 56.1 Å². The van der Waals surface area contributed by atoms with E-state index in [9.17, 15) is 0 Å². The van der Waals surface area contributed by atoms with Crippen LogP contribution in [0.15, 0.2) is 55.0 Å². The van der Waals surface area contributed by atoms with Crippen LogP contribution in [0.5, 0.6) is 0 Å². The fourth-order valence-corrected chi connectivity index (χ4v) is 3.24. The first-order valence-electron chi connectivity index (χ1n) is 8.98. The van der Waals surface area contributed by atoms with Crippen LogP contribution in [-0.4, -0.2) is 45.5 Å². The van der Waals surface area contributed by atoms with Crippen molar-refractivity contribution < 1.29 is 4.74 Å². The van der Waals surface area contributed by atoms with Crippen molar-refractivity contribution in [2.45, 2.75) is 26.0 Å². The van der Waals surface area contributed by atoms with Crippen molar-refractivity contribution in [2.24, 2.45) is 0 Å². The quantitative estimate of drug-likeness (QED) is 0.708. The van der Waals surface area contributed by atoms with Crippen LogP contribution in [0.1, 0.15) is 17.0 Å². The summed E-state index contributed by atoms with van der Waals surface area (Å²) in [7, 11) is 0. The van der Waals surface area contributed by atoms with E-state index in [2.05, 4.69) is 27.1 Å². The van der Waals surface area contributed by atoms with Gasteiger partial charge in [0.1, 0.15) is 11.6 Å². The highest BCUT2D eigenvalue weighted by molar-refractivity contribution is 5.38. The summed E-state index contributed by atoms with van der Waals surface area (Å²) >= 11 is 0. The van der Waals surface area contributed by atoms with E-state index in [1.54, 1.807) is 0 Å². The van der Waals surface area contributed by atoms with Gasteiger partial charge in [-0.1, -0.05) is 30.3 Å². The third kappa shape index (κ3) is 4.08. The Balaban J connectivity index is 1.44. The van der Waals surface area contributed by atoms with Gasteiger partial charge in [-0.15, -0.1) is 0 Å². The average Bonchev–Trinajstić information content (AvgIpc) is 3.08. The molecular weight excluding hydrogens is 326 g/mol. The number of ether oxygens (including phenoxy) is 1. The Morgan fingerprint density at radius 2 is 2.08 bits per heavy atom. The summed E-state index contributed by atoms with van der Waals surface area (Å²) in [5, 5.41) is 4.36. The highest BCUT2D eigenvalue weighted by atomic mass is 16.5. The van der Waals surface area contributed by atoms with E-state index in [1.165, 1.54) is 11.1 Å². The second kappa shape index (κ2) is 7.66. The van der Waals surface area contributed by atoms with Gasteiger partial charge in [-0.25, -0.2) is 9.97 Å². The van der Waals surface area contributed by atoms with Gasteiger partial charge in [0, 0.05) is 31.9 Å². The summed E-state index contributed by atoms with van der Waals surface area (Å²) in [4.78, 5) is 11.5. The molecular formula is C20H23N5O. The van der Waals surface area contributed by atoms with Gasteiger partial charge < -0.3 is 9.64 Å². The third-order valence-corrected chi connectivity index (χ3v) is 4.51. The van der Waals surface area contributed by atoms with Crippen molar-refractivity contribution in [2.75, 3.05) is 24.6 Å². The van der Waals surface area contributed by atoms with E-state index in [4.69, 9.17) is 9.72 Å². The van der Waals surface area contributed by atoms with Crippen LogP contribution in [0.3, 0.4) is 0 Å². The number of aryl methyl sites for hydroxylation is 1. The van der Waals surface area contributed by atoms with Gasteiger partial charge in [0.15, 0.2) is 0 Å². The van der Waals surface area contributed by atoms with E-state index in [0.29, 0.717) is 6.61 Å². The van der Waals surface area contributed by atoms with Crippen molar-refractivity contribution in [3.05, 3.63) is 71.9 Å². The van der Waals surface area contributed by atoms with Crippen molar-refractivity contribution in [1.82, 2.24) is 19.7 Å². The Morgan fingerprint density at radius 3 is 2.88 bits per heavy atom. The van der Waals surface area contributed by atoms with E-state index < -0.39 is 0 Å². The molecule has 1 aliphatic heterocycles. The molecule has 6 heteroatoms. The van der Waals surface area contributed by atoms with Gasteiger partial charge in [-0.2, -0.15) is 5.10 Å². The zero-order chi connectivity index (χ0) is 17.8. The van der Waals surface area contributed by atoms with E-state index in [1.807, 2.05) is 54.5 Å². The monoisotopic (exact) mass is 349 g/mol. The number of hydrogen-bond donors (Lipinski definition) is 0. The lowest BCUT2D eigenvalue weighted by Crippen LogP contribution is -2.44. The molecule has 1 aliphatic rings. The van der Waals surface area contributed by atoms with Crippen LogP contribution in [0.25, 0.3) is 0 Å². The van der Waals surface area contributed by atoms with Gasteiger partial charge in [0.2, 0.25) is 0 Å². The molecule has 0 saturated carbocycles. The number of aromatic nitrogens is 4. The number of anilines is 1. The SMILES string of the molecule is Cc1cnn(CC2CN(c3ccnc(Cc4ccccc4)n3)CCO2)c1. The molecule has 1 unspecified atom stereocenters. The molecule has 2 aromatic heterocycles. The van der Waals surface area contributed by atoms with Crippen LogP contribution in [-0.2, 0) is 17.7 Å². The minimum atomic E-state index is 0.107. The van der Waals surface area contributed by atoms with Crippen molar-refractivity contribution in [1.29, 1.82) is 0 Å². The molecule has 0 aliphatic carbocycles. The van der Waals surface area contributed by atoms with Crippen LogP contribution in [0, 0.1) is 6.92 Å². The maximum Gasteiger partial charge on any atom is 0.135 e. The average molecular weight is 349 g/mol. The molecule has 26 heavy (non-hydrogen) atoms. The van der Waals surface area contributed by atoms with Gasteiger partial charge in [0.25, 0.3) is 0 Å². The molecule has 1 saturated heterocycles. The van der Waals surface area contributed by atoms with E-state index in [0.717, 1.165) is 37.7 Å². The summed E-state index contributed by atoms with van der Waals surface area (Å²) in [6.07, 6.45) is 6.62. The molecule has 1 aromatic carbocycles. The third-order valence-electron chi connectivity index (χ3n) is 4.51. The van der Waals surface area contributed by atoms with Crippen LogP contribution >= 0.6 is 0 Å². The van der Waals surface area contributed by atoms with Gasteiger partial charge in [-0.3, -0.25) is 4.68 Å². The molecule has 6 nitrogen and oxygen atoms in total. The second-order valence-electron chi connectivity index (χ2n) is 6.67. The zero-order valence-corrected chi connectivity index (χ0v) is 15.0. The lowest BCUT2D eigenvalue weighted by Gasteiger charge is -2.33. The first kappa shape index (κ1) is 16.7. The van der Waals surface area contributed by atoms with Crippen LogP contribution < -0.4 is 4.90 Å². The Bertz CT molecular complexity index is 848. The van der Waals surface area contributed by atoms with Crippen LogP contribution in [0.4, 0.5) is 5.82 Å². The fourth-order valence-electron chi connectivity index (χ4n) is 3.24. The lowest BCUT2D eigenvalue weighted by atomic mass is 10.1. The molecule has 0 bridgehead atoms. The minimum absolute atomic E-state index is 0.107. The van der Waals surface area contributed by atoms with Crippen molar-refractivity contribution >= 4 is 5.82 Å². The number of hydrogen-bond acceptors (Lipinski definition) is 5. The lowest BCUT2D eigenvalue weighted by molar-refractivity contribution is 0.0271. The van der Waals surface area contributed by atoms with E-state index in [-0.39, 0.29) is 6.10 Å². The molecule has 0 N–H and O–H groups in total. The normalized spacial score (nSPS) is 17.4. The molecule has 134 valence electrons. The highest BCUT2D eigenvalue weighted by Gasteiger charge is 2.22. The molecule has 0 spiro atoms. The maximum atomic E-state index is 5.92. The van der Waals surface area contributed by atoms with Crippen molar-refractivity contribution in [3.8, 4) is 0 Å². The molecule has 1 atom stereocenters. The van der Waals surface area contributed by atoms with Crippen molar-refractivity contribution in [3.63, 3.8) is 0 Å². The molecule has 3 heterocycles. The first-order chi connectivity index (χ1) is 12.8. The minimum Gasteiger partial charge on any atom is -0.373 e. The Morgan fingerprint density at radius 1 is 1.19 bits per heavy atom. The summed E-state index contributed by atoms with van der Waals surface area (Å²) in [5.41, 5.74) is 2.39. The molecule has 0 radical (unpaired) electrons. The number of nitrogens with zero attached hydrogens (tertiary/aromatic N) is 5. The first-order valence-corrected chi connectivity index (χ1v) is 8.98. The van der Waals surface area contributed by atoms with Gasteiger partial charge >= 0.3 is 0 Å². The largest absolute Gasteiger partial charge is 0.373 e. The molecule has 3 aromatic rings.